The van der Waals surface area contributed by atoms with Crippen LogP contribution in [0.25, 0.3) is 0 Å². The summed E-state index contributed by atoms with van der Waals surface area (Å²) in [7, 11) is 0. The molecule has 3 nitrogen and oxygen atoms in total. The van der Waals surface area contributed by atoms with E-state index >= 15 is 0 Å². The topological polar surface area (TPSA) is 42.0 Å². The molecule has 1 atom stereocenters. The Hall–Kier alpha value is -1.09. The van der Waals surface area contributed by atoms with Crippen molar-refractivity contribution in [1.29, 1.82) is 0 Å². The monoisotopic (exact) mass is 254 g/mol. The Labute approximate surface area is 108 Å². The molecule has 94 valence electrons. The van der Waals surface area contributed by atoms with E-state index in [4.69, 9.17) is 11.6 Å². The summed E-state index contributed by atoms with van der Waals surface area (Å²) in [6.45, 7) is 9.21. The minimum absolute atomic E-state index is 0.176. The zero-order chi connectivity index (χ0) is 13.1. The molecule has 0 aliphatic heterocycles. The number of rotatable bonds is 3. The van der Waals surface area contributed by atoms with Crippen molar-refractivity contribution in [3.05, 3.63) is 29.0 Å². The van der Waals surface area contributed by atoms with Crippen LogP contribution in [-0.4, -0.2) is 17.4 Å². The van der Waals surface area contributed by atoms with Crippen LogP contribution < -0.4 is 5.32 Å². The molecule has 4 heteroatoms. The first-order valence-corrected chi connectivity index (χ1v) is 6.09. The predicted octanol–water partition coefficient (Wildman–Crippen LogP) is 3.15. The maximum atomic E-state index is 11.8. The van der Waals surface area contributed by atoms with Crippen molar-refractivity contribution < 1.29 is 4.79 Å². The lowest BCUT2D eigenvalue weighted by molar-refractivity contribution is 0.0932. The number of carbonyl (C=O) groups is 1. The Morgan fingerprint density at radius 3 is 2.65 bits per heavy atom. The normalized spacial score (nSPS) is 13.2. The van der Waals surface area contributed by atoms with Crippen molar-refractivity contribution in [2.45, 2.75) is 27.7 Å². The SMILES string of the molecule is CC(CNC(=O)c1cccc(Cl)n1)C(C)(C)C. The molecule has 0 fully saturated rings. The van der Waals surface area contributed by atoms with E-state index in [1.165, 1.54) is 0 Å². The minimum atomic E-state index is -0.177. The summed E-state index contributed by atoms with van der Waals surface area (Å²) in [5.74, 6) is 0.217. The average Bonchev–Trinajstić information content (AvgIpc) is 2.24. The number of amides is 1. The molecular formula is C13H19ClN2O. The smallest absolute Gasteiger partial charge is 0.269 e. The molecule has 1 heterocycles. The van der Waals surface area contributed by atoms with Gasteiger partial charge in [0.15, 0.2) is 0 Å². The fourth-order valence-corrected chi connectivity index (χ4v) is 1.34. The van der Waals surface area contributed by atoms with Gasteiger partial charge in [-0.15, -0.1) is 0 Å². The molecule has 0 aliphatic rings. The maximum absolute atomic E-state index is 11.8. The maximum Gasteiger partial charge on any atom is 0.269 e. The number of hydrogen-bond acceptors (Lipinski definition) is 2. The van der Waals surface area contributed by atoms with Gasteiger partial charge in [-0.1, -0.05) is 45.4 Å². The van der Waals surface area contributed by atoms with Gasteiger partial charge in [-0.2, -0.15) is 0 Å². The molecule has 1 amide bonds. The molecule has 0 spiro atoms. The van der Waals surface area contributed by atoms with Gasteiger partial charge in [-0.05, 0) is 23.5 Å². The highest BCUT2D eigenvalue weighted by molar-refractivity contribution is 6.29. The van der Waals surface area contributed by atoms with Crippen LogP contribution in [0.2, 0.25) is 5.15 Å². The summed E-state index contributed by atoms with van der Waals surface area (Å²) in [6.07, 6.45) is 0. The van der Waals surface area contributed by atoms with Crippen molar-refractivity contribution in [2.75, 3.05) is 6.54 Å². The minimum Gasteiger partial charge on any atom is -0.350 e. The number of nitrogens with one attached hydrogen (secondary N) is 1. The number of carbonyl (C=O) groups excluding carboxylic acids is 1. The lowest BCUT2D eigenvalue weighted by Crippen LogP contribution is -2.34. The molecular weight excluding hydrogens is 236 g/mol. The molecule has 1 rings (SSSR count). The largest absolute Gasteiger partial charge is 0.350 e. The van der Waals surface area contributed by atoms with Crippen LogP contribution in [0.3, 0.4) is 0 Å². The van der Waals surface area contributed by atoms with Gasteiger partial charge >= 0.3 is 0 Å². The Kier molecular flexibility index (Phi) is 4.52. The number of halogens is 1. The van der Waals surface area contributed by atoms with Crippen LogP contribution in [0, 0.1) is 11.3 Å². The van der Waals surface area contributed by atoms with Crippen LogP contribution in [0.4, 0.5) is 0 Å². The zero-order valence-electron chi connectivity index (χ0n) is 10.7. The van der Waals surface area contributed by atoms with E-state index in [1.54, 1.807) is 18.2 Å². The molecule has 0 radical (unpaired) electrons. The summed E-state index contributed by atoms with van der Waals surface area (Å²) < 4.78 is 0. The van der Waals surface area contributed by atoms with Gasteiger partial charge in [0, 0.05) is 6.54 Å². The Balaban J connectivity index is 2.57. The van der Waals surface area contributed by atoms with Gasteiger partial charge in [0.25, 0.3) is 5.91 Å². The van der Waals surface area contributed by atoms with E-state index < -0.39 is 0 Å². The van der Waals surface area contributed by atoms with Crippen molar-refractivity contribution in [3.63, 3.8) is 0 Å². The van der Waals surface area contributed by atoms with Crippen LogP contribution in [0.1, 0.15) is 38.2 Å². The molecule has 0 aliphatic carbocycles. The van der Waals surface area contributed by atoms with Gasteiger partial charge < -0.3 is 5.32 Å². The van der Waals surface area contributed by atoms with Gasteiger partial charge in [0.2, 0.25) is 0 Å². The summed E-state index contributed by atoms with van der Waals surface area (Å²) in [5, 5.41) is 3.21. The van der Waals surface area contributed by atoms with E-state index in [0.717, 1.165) is 0 Å². The van der Waals surface area contributed by atoms with E-state index in [-0.39, 0.29) is 11.3 Å². The van der Waals surface area contributed by atoms with Crippen molar-refractivity contribution in [1.82, 2.24) is 10.3 Å². The first-order chi connectivity index (χ1) is 7.80. The summed E-state index contributed by atoms with van der Waals surface area (Å²) in [6, 6.07) is 5.02. The van der Waals surface area contributed by atoms with E-state index in [2.05, 4.69) is 38.0 Å². The molecule has 0 saturated heterocycles. The quantitative estimate of drug-likeness (QED) is 0.842. The predicted molar refractivity (Wildman–Crippen MR) is 70.2 cm³/mol. The first-order valence-electron chi connectivity index (χ1n) is 5.71. The molecule has 17 heavy (non-hydrogen) atoms. The van der Waals surface area contributed by atoms with E-state index in [1.807, 2.05) is 0 Å². The average molecular weight is 255 g/mol. The molecule has 0 saturated carbocycles. The fraction of sp³-hybridized carbons (Fsp3) is 0.538. The fourth-order valence-electron chi connectivity index (χ4n) is 1.18. The third kappa shape index (κ3) is 4.35. The van der Waals surface area contributed by atoms with Crippen LogP contribution in [0.15, 0.2) is 18.2 Å². The Morgan fingerprint density at radius 1 is 1.47 bits per heavy atom. The Morgan fingerprint density at radius 2 is 2.12 bits per heavy atom. The molecule has 1 unspecified atom stereocenters. The standard InChI is InChI=1S/C13H19ClN2O/c1-9(13(2,3)4)8-15-12(17)10-6-5-7-11(14)16-10/h5-7,9H,8H2,1-4H3,(H,15,17). The van der Waals surface area contributed by atoms with Crippen molar-refractivity contribution in [3.8, 4) is 0 Å². The lowest BCUT2D eigenvalue weighted by atomic mass is 9.82. The highest BCUT2D eigenvalue weighted by Crippen LogP contribution is 2.24. The summed E-state index contributed by atoms with van der Waals surface area (Å²) in [5.41, 5.74) is 0.535. The molecule has 0 aromatic carbocycles. The van der Waals surface area contributed by atoms with Gasteiger partial charge in [-0.3, -0.25) is 4.79 Å². The second-order valence-corrected chi connectivity index (χ2v) is 5.71. The van der Waals surface area contributed by atoms with E-state index in [9.17, 15) is 4.79 Å². The summed E-state index contributed by atoms with van der Waals surface area (Å²) >= 11 is 5.73. The number of aromatic nitrogens is 1. The van der Waals surface area contributed by atoms with Crippen molar-refractivity contribution in [2.24, 2.45) is 11.3 Å². The third-order valence-corrected chi connectivity index (χ3v) is 3.21. The van der Waals surface area contributed by atoms with Crippen LogP contribution in [0.5, 0.6) is 0 Å². The van der Waals surface area contributed by atoms with Gasteiger partial charge in [0.05, 0.1) is 0 Å². The third-order valence-electron chi connectivity index (χ3n) is 2.99. The molecule has 1 aromatic rings. The summed E-state index contributed by atoms with van der Waals surface area (Å²) in [4.78, 5) is 15.8. The molecule has 0 bridgehead atoms. The van der Waals surface area contributed by atoms with Gasteiger partial charge in [0.1, 0.15) is 10.8 Å². The second-order valence-electron chi connectivity index (χ2n) is 5.32. The number of hydrogen-bond donors (Lipinski definition) is 1. The molecule has 1 aromatic heterocycles. The second kappa shape index (κ2) is 5.50. The van der Waals surface area contributed by atoms with Gasteiger partial charge in [-0.25, -0.2) is 4.98 Å². The van der Waals surface area contributed by atoms with Crippen LogP contribution in [-0.2, 0) is 0 Å². The lowest BCUT2D eigenvalue weighted by Gasteiger charge is -2.27. The number of nitrogens with zero attached hydrogens (tertiary/aromatic N) is 1. The Bertz CT molecular complexity index is 399. The first kappa shape index (κ1) is 14.0. The molecule has 1 N–H and O–H groups in total. The van der Waals surface area contributed by atoms with E-state index in [0.29, 0.717) is 23.3 Å². The van der Waals surface area contributed by atoms with Crippen LogP contribution >= 0.6 is 11.6 Å². The number of pyridine rings is 1. The van der Waals surface area contributed by atoms with Crippen molar-refractivity contribution >= 4 is 17.5 Å². The highest BCUT2D eigenvalue weighted by Gasteiger charge is 2.20. The highest BCUT2D eigenvalue weighted by atomic mass is 35.5. The zero-order valence-corrected chi connectivity index (χ0v) is 11.5.